The molecule has 0 spiro atoms. The number of halogens is 1. The molecule has 1 aliphatic rings. The van der Waals surface area contributed by atoms with E-state index in [0.717, 1.165) is 34.4 Å². The van der Waals surface area contributed by atoms with Gasteiger partial charge in [0.05, 0.1) is 28.4 Å². The Kier molecular flexibility index (Phi) is 6.72. The zero-order chi connectivity index (χ0) is 24.4. The first-order valence-electron chi connectivity index (χ1n) is 11.3. The topological polar surface area (TPSA) is 102 Å². The zero-order valence-electron chi connectivity index (χ0n) is 19.1. The molecule has 35 heavy (non-hydrogen) atoms. The van der Waals surface area contributed by atoms with E-state index in [-0.39, 0.29) is 10.8 Å². The van der Waals surface area contributed by atoms with Gasteiger partial charge in [-0.1, -0.05) is 6.07 Å². The first-order valence-corrected chi connectivity index (χ1v) is 13.5. The second kappa shape index (κ2) is 9.92. The summed E-state index contributed by atoms with van der Waals surface area (Å²) in [6.45, 7) is 1.42. The molecule has 0 radical (unpaired) electrons. The maximum Gasteiger partial charge on any atom is 0.243 e. The highest BCUT2D eigenvalue weighted by molar-refractivity contribution is 9.10. The van der Waals surface area contributed by atoms with E-state index in [9.17, 15) is 8.42 Å². The van der Waals surface area contributed by atoms with Crippen molar-refractivity contribution in [2.24, 2.45) is 0 Å². The predicted molar refractivity (Wildman–Crippen MR) is 136 cm³/mol. The molecule has 1 unspecified atom stereocenters. The van der Waals surface area contributed by atoms with Gasteiger partial charge in [-0.25, -0.2) is 13.4 Å². The van der Waals surface area contributed by atoms with Gasteiger partial charge < -0.3 is 10.1 Å². The Balaban J connectivity index is 1.42. The molecule has 1 aromatic carbocycles. The van der Waals surface area contributed by atoms with Crippen molar-refractivity contribution in [2.45, 2.75) is 30.2 Å². The summed E-state index contributed by atoms with van der Waals surface area (Å²) in [4.78, 5) is 9.28. The lowest BCUT2D eigenvalue weighted by molar-refractivity contribution is 0.312. The number of piperidine rings is 1. The summed E-state index contributed by atoms with van der Waals surface area (Å²) in [5.74, 6) is 1.37. The molecule has 0 aliphatic carbocycles. The fourth-order valence-electron chi connectivity index (χ4n) is 4.28. The van der Waals surface area contributed by atoms with Crippen molar-refractivity contribution in [3.8, 4) is 5.75 Å². The SMILES string of the molecule is COc1ccc(S(=O)(=O)N2CCCC(c3cc(NCc4cccnc4)n4ncc(Br)c4n3)C2)cc1. The van der Waals surface area contributed by atoms with Crippen LogP contribution in [0, 0.1) is 0 Å². The van der Waals surface area contributed by atoms with Crippen LogP contribution in [0.15, 0.2) is 70.4 Å². The van der Waals surface area contributed by atoms with Gasteiger partial charge in [0.25, 0.3) is 0 Å². The Morgan fingerprint density at radius 1 is 1.20 bits per heavy atom. The molecule has 4 aromatic rings. The van der Waals surface area contributed by atoms with Crippen LogP contribution in [0.3, 0.4) is 0 Å². The van der Waals surface area contributed by atoms with Crippen LogP contribution in [0.5, 0.6) is 5.75 Å². The summed E-state index contributed by atoms with van der Waals surface area (Å²) in [5.41, 5.74) is 2.56. The predicted octanol–water partition coefficient (Wildman–Crippen LogP) is 4.08. The van der Waals surface area contributed by atoms with Gasteiger partial charge in [-0.3, -0.25) is 4.98 Å². The third kappa shape index (κ3) is 4.89. The number of hydrogen-bond acceptors (Lipinski definition) is 7. The number of benzene rings is 1. The summed E-state index contributed by atoms with van der Waals surface area (Å²) in [6.07, 6.45) is 6.88. The Morgan fingerprint density at radius 3 is 2.77 bits per heavy atom. The number of nitrogens with one attached hydrogen (secondary N) is 1. The highest BCUT2D eigenvalue weighted by atomic mass is 79.9. The minimum Gasteiger partial charge on any atom is -0.497 e. The number of fused-ring (bicyclic) bond motifs is 1. The lowest BCUT2D eigenvalue weighted by Crippen LogP contribution is -2.39. The van der Waals surface area contributed by atoms with Crippen molar-refractivity contribution in [3.63, 3.8) is 0 Å². The van der Waals surface area contributed by atoms with Crippen molar-refractivity contribution < 1.29 is 13.2 Å². The van der Waals surface area contributed by atoms with Gasteiger partial charge in [-0.15, -0.1) is 0 Å². The van der Waals surface area contributed by atoms with Gasteiger partial charge in [0.1, 0.15) is 11.6 Å². The fraction of sp³-hybridized carbons (Fsp3) is 0.292. The maximum absolute atomic E-state index is 13.3. The summed E-state index contributed by atoms with van der Waals surface area (Å²) >= 11 is 3.54. The summed E-state index contributed by atoms with van der Waals surface area (Å²) < 4.78 is 35.9. The molecule has 0 saturated carbocycles. The van der Waals surface area contributed by atoms with Gasteiger partial charge in [-0.05, 0) is 64.7 Å². The lowest BCUT2D eigenvalue weighted by Gasteiger charge is -2.32. The normalized spacial score (nSPS) is 16.9. The monoisotopic (exact) mass is 556 g/mol. The van der Waals surface area contributed by atoms with Crippen LogP contribution in [0.25, 0.3) is 5.65 Å². The number of ether oxygens (including phenoxy) is 1. The van der Waals surface area contributed by atoms with Crippen LogP contribution in [0.2, 0.25) is 0 Å². The molecular formula is C24H25BrN6O3S. The van der Waals surface area contributed by atoms with E-state index in [1.807, 2.05) is 24.4 Å². The molecule has 4 heterocycles. The molecule has 1 saturated heterocycles. The smallest absolute Gasteiger partial charge is 0.243 e. The molecule has 1 atom stereocenters. The van der Waals surface area contributed by atoms with Crippen molar-refractivity contribution in [1.82, 2.24) is 23.9 Å². The molecule has 0 bridgehead atoms. The second-order valence-electron chi connectivity index (χ2n) is 8.39. The number of anilines is 1. The van der Waals surface area contributed by atoms with Crippen LogP contribution >= 0.6 is 15.9 Å². The van der Waals surface area contributed by atoms with E-state index in [1.54, 1.807) is 52.6 Å². The van der Waals surface area contributed by atoms with E-state index in [2.05, 4.69) is 31.3 Å². The number of sulfonamides is 1. The van der Waals surface area contributed by atoms with E-state index < -0.39 is 10.0 Å². The van der Waals surface area contributed by atoms with Gasteiger partial charge in [0.15, 0.2) is 5.65 Å². The molecule has 9 nitrogen and oxygen atoms in total. The van der Waals surface area contributed by atoms with E-state index in [1.165, 1.54) is 0 Å². The third-order valence-electron chi connectivity index (χ3n) is 6.14. The second-order valence-corrected chi connectivity index (χ2v) is 11.2. The number of pyridine rings is 1. The van der Waals surface area contributed by atoms with Crippen LogP contribution in [-0.4, -0.2) is 52.5 Å². The Hall–Kier alpha value is -3.02. The quantitative estimate of drug-likeness (QED) is 0.366. The van der Waals surface area contributed by atoms with Crippen molar-refractivity contribution in [2.75, 3.05) is 25.5 Å². The van der Waals surface area contributed by atoms with Crippen molar-refractivity contribution in [1.29, 1.82) is 0 Å². The molecule has 11 heteroatoms. The van der Waals surface area contributed by atoms with E-state index in [0.29, 0.717) is 31.0 Å². The standard InChI is InChI=1S/C24H25BrN6O3S/c1-34-19-6-8-20(9-7-19)35(32,33)30-11-3-5-18(16-30)22-12-23(27-14-17-4-2-10-26-13-17)31-24(29-22)21(25)15-28-31/h2,4,6-10,12-13,15,18,27H,3,5,11,14,16H2,1H3. The van der Waals surface area contributed by atoms with Crippen LogP contribution in [0.4, 0.5) is 5.82 Å². The largest absolute Gasteiger partial charge is 0.497 e. The summed E-state index contributed by atoms with van der Waals surface area (Å²) in [7, 11) is -2.07. The van der Waals surface area contributed by atoms with Crippen LogP contribution in [-0.2, 0) is 16.6 Å². The van der Waals surface area contributed by atoms with Gasteiger partial charge in [-0.2, -0.15) is 13.9 Å². The Bertz CT molecular complexity index is 1430. The minimum absolute atomic E-state index is 0.0393. The maximum atomic E-state index is 13.3. The van der Waals surface area contributed by atoms with E-state index >= 15 is 0 Å². The highest BCUT2D eigenvalue weighted by Gasteiger charge is 2.32. The average Bonchev–Trinajstić information content (AvgIpc) is 3.28. The molecule has 1 N–H and O–H groups in total. The zero-order valence-corrected chi connectivity index (χ0v) is 21.5. The molecule has 1 fully saturated rings. The number of nitrogens with zero attached hydrogens (tertiary/aromatic N) is 5. The van der Waals surface area contributed by atoms with Crippen molar-refractivity contribution >= 4 is 37.4 Å². The highest BCUT2D eigenvalue weighted by Crippen LogP contribution is 2.32. The van der Waals surface area contributed by atoms with Gasteiger partial charge in [0.2, 0.25) is 10.0 Å². The number of hydrogen-bond donors (Lipinski definition) is 1. The fourth-order valence-corrected chi connectivity index (χ4v) is 6.16. The van der Waals surface area contributed by atoms with Gasteiger partial charge in [0, 0.05) is 44.0 Å². The summed E-state index contributed by atoms with van der Waals surface area (Å²) in [5, 5.41) is 7.87. The number of methoxy groups -OCH3 is 1. The average molecular weight is 557 g/mol. The van der Waals surface area contributed by atoms with E-state index in [4.69, 9.17) is 9.72 Å². The van der Waals surface area contributed by atoms with Gasteiger partial charge >= 0.3 is 0 Å². The first kappa shape index (κ1) is 23.7. The van der Waals surface area contributed by atoms with Crippen LogP contribution < -0.4 is 10.1 Å². The molecule has 5 rings (SSSR count). The number of rotatable bonds is 7. The molecule has 1 aliphatic heterocycles. The third-order valence-corrected chi connectivity index (χ3v) is 8.58. The Morgan fingerprint density at radius 2 is 2.03 bits per heavy atom. The lowest BCUT2D eigenvalue weighted by atomic mass is 9.96. The molecular weight excluding hydrogens is 532 g/mol. The summed E-state index contributed by atoms with van der Waals surface area (Å²) in [6, 6.07) is 12.4. The molecule has 182 valence electrons. The minimum atomic E-state index is -3.62. The molecule has 0 amide bonds. The molecule has 3 aromatic heterocycles. The van der Waals surface area contributed by atoms with Crippen molar-refractivity contribution in [3.05, 3.63) is 76.8 Å². The number of aromatic nitrogens is 4. The first-order chi connectivity index (χ1) is 17.0. The van der Waals surface area contributed by atoms with Crippen LogP contribution in [0.1, 0.15) is 30.0 Å². The Labute approximate surface area is 212 Å².